The van der Waals surface area contributed by atoms with Crippen molar-refractivity contribution in [3.05, 3.63) is 40.3 Å². The standard InChI is InChI=1S/C13H11N3O3/c1-16-12-11(9(15-16)6-10(17)18)7-4-2-3-5-8(7)13(19)14-12/h2-5H,6H2,1H3,(H,14,19)(H,17,18). The Balaban J connectivity index is 2.51. The topological polar surface area (TPSA) is 88.0 Å². The Morgan fingerprint density at radius 3 is 2.74 bits per heavy atom. The van der Waals surface area contributed by atoms with Gasteiger partial charge in [-0.15, -0.1) is 0 Å². The summed E-state index contributed by atoms with van der Waals surface area (Å²) in [6.07, 6.45) is -0.173. The number of hydrogen-bond donors (Lipinski definition) is 2. The van der Waals surface area contributed by atoms with E-state index in [1.807, 2.05) is 6.07 Å². The van der Waals surface area contributed by atoms with E-state index >= 15 is 0 Å². The van der Waals surface area contributed by atoms with Gasteiger partial charge in [0.2, 0.25) is 0 Å². The fraction of sp³-hybridized carbons (Fsp3) is 0.154. The summed E-state index contributed by atoms with van der Waals surface area (Å²) in [5, 5.41) is 15.1. The molecule has 0 radical (unpaired) electrons. The predicted molar refractivity (Wildman–Crippen MR) is 70.2 cm³/mol. The van der Waals surface area contributed by atoms with E-state index in [2.05, 4.69) is 10.1 Å². The molecule has 0 atom stereocenters. The van der Waals surface area contributed by atoms with Gasteiger partial charge in [-0.25, -0.2) is 0 Å². The smallest absolute Gasteiger partial charge is 0.309 e. The zero-order chi connectivity index (χ0) is 13.6. The normalized spacial score (nSPS) is 11.2. The van der Waals surface area contributed by atoms with Gasteiger partial charge in [-0.2, -0.15) is 5.10 Å². The van der Waals surface area contributed by atoms with E-state index in [1.54, 1.807) is 25.2 Å². The first-order valence-electron chi connectivity index (χ1n) is 5.76. The molecule has 2 N–H and O–H groups in total. The van der Waals surface area contributed by atoms with Crippen LogP contribution in [-0.4, -0.2) is 25.8 Å². The molecule has 3 aromatic rings. The van der Waals surface area contributed by atoms with Crippen LogP contribution in [0.2, 0.25) is 0 Å². The first kappa shape index (κ1) is 11.5. The molecule has 0 aliphatic rings. The molecule has 0 saturated carbocycles. The van der Waals surface area contributed by atoms with Gasteiger partial charge in [0.1, 0.15) is 5.65 Å². The van der Waals surface area contributed by atoms with E-state index < -0.39 is 5.97 Å². The Bertz CT molecular complexity index is 861. The summed E-state index contributed by atoms with van der Waals surface area (Å²) in [6, 6.07) is 7.11. The fourth-order valence-corrected chi connectivity index (χ4v) is 2.35. The van der Waals surface area contributed by atoms with Gasteiger partial charge in [0.25, 0.3) is 5.56 Å². The molecule has 96 valence electrons. The average molecular weight is 257 g/mol. The second-order valence-electron chi connectivity index (χ2n) is 4.36. The summed E-state index contributed by atoms with van der Waals surface area (Å²) in [7, 11) is 1.68. The molecule has 1 aromatic carbocycles. The van der Waals surface area contributed by atoms with Crippen molar-refractivity contribution in [2.24, 2.45) is 7.05 Å². The quantitative estimate of drug-likeness (QED) is 0.718. The van der Waals surface area contributed by atoms with Gasteiger partial charge >= 0.3 is 5.97 Å². The Morgan fingerprint density at radius 1 is 1.37 bits per heavy atom. The third-order valence-corrected chi connectivity index (χ3v) is 3.11. The number of pyridine rings is 1. The van der Waals surface area contributed by atoms with E-state index in [9.17, 15) is 9.59 Å². The highest BCUT2D eigenvalue weighted by Crippen LogP contribution is 2.24. The van der Waals surface area contributed by atoms with Gasteiger partial charge in [-0.05, 0) is 6.07 Å². The van der Waals surface area contributed by atoms with E-state index in [-0.39, 0.29) is 12.0 Å². The highest BCUT2D eigenvalue weighted by atomic mass is 16.4. The van der Waals surface area contributed by atoms with Crippen LogP contribution in [-0.2, 0) is 18.3 Å². The highest BCUT2D eigenvalue weighted by molar-refractivity contribution is 6.06. The van der Waals surface area contributed by atoms with E-state index in [4.69, 9.17) is 5.11 Å². The Morgan fingerprint density at radius 2 is 2.05 bits per heavy atom. The molecule has 0 bridgehead atoms. The number of H-pyrrole nitrogens is 1. The number of benzene rings is 1. The summed E-state index contributed by atoms with van der Waals surface area (Å²) >= 11 is 0. The van der Waals surface area contributed by atoms with Gasteiger partial charge in [0.05, 0.1) is 12.1 Å². The summed E-state index contributed by atoms with van der Waals surface area (Å²) in [4.78, 5) is 25.6. The van der Waals surface area contributed by atoms with Crippen LogP contribution in [0, 0.1) is 0 Å². The maximum Gasteiger partial charge on any atom is 0.309 e. The van der Waals surface area contributed by atoms with Crippen LogP contribution >= 0.6 is 0 Å². The van der Waals surface area contributed by atoms with Gasteiger partial charge in [-0.3, -0.25) is 14.3 Å². The molecular formula is C13H11N3O3. The number of aryl methyl sites for hydroxylation is 1. The number of nitrogens with one attached hydrogen (secondary N) is 1. The summed E-state index contributed by atoms with van der Waals surface area (Å²) < 4.78 is 1.50. The average Bonchev–Trinajstić information content (AvgIpc) is 2.66. The van der Waals surface area contributed by atoms with Gasteiger partial charge in [0, 0.05) is 23.2 Å². The molecule has 0 unspecified atom stereocenters. The second-order valence-corrected chi connectivity index (χ2v) is 4.36. The number of fused-ring (bicyclic) bond motifs is 3. The molecule has 0 aliphatic carbocycles. The number of aromatic nitrogens is 3. The number of carbonyl (C=O) groups is 1. The maximum absolute atomic E-state index is 12.0. The minimum absolute atomic E-state index is 0.173. The minimum Gasteiger partial charge on any atom is -0.481 e. The zero-order valence-corrected chi connectivity index (χ0v) is 10.2. The minimum atomic E-state index is -0.949. The van der Waals surface area contributed by atoms with E-state index in [0.717, 1.165) is 5.39 Å². The highest BCUT2D eigenvalue weighted by Gasteiger charge is 2.16. The second kappa shape index (κ2) is 3.94. The number of aromatic amines is 1. The predicted octanol–water partition coefficient (Wildman–Crippen LogP) is 1.04. The molecule has 0 fully saturated rings. The molecule has 0 aliphatic heterocycles. The molecule has 19 heavy (non-hydrogen) atoms. The molecule has 0 saturated heterocycles. The van der Waals surface area contributed by atoms with Crippen molar-refractivity contribution in [2.75, 3.05) is 0 Å². The van der Waals surface area contributed by atoms with Crippen LogP contribution in [0.25, 0.3) is 21.8 Å². The van der Waals surface area contributed by atoms with Gasteiger partial charge < -0.3 is 10.1 Å². The zero-order valence-electron chi connectivity index (χ0n) is 10.2. The van der Waals surface area contributed by atoms with Crippen LogP contribution in [0.15, 0.2) is 29.1 Å². The maximum atomic E-state index is 12.0. The van der Waals surface area contributed by atoms with Crippen molar-refractivity contribution >= 4 is 27.8 Å². The molecule has 3 rings (SSSR count). The fourth-order valence-electron chi connectivity index (χ4n) is 2.35. The van der Waals surface area contributed by atoms with E-state index in [1.165, 1.54) is 4.68 Å². The number of rotatable bonds is 2. The van der Waals surface area contributed by atoms with Gasteiger partial charge in [0.15, 0.2) is 0 Å². The molecule has 6 heteroatoms. The largest absolute Gasteiger partial charge is 0.481 e. The number of nitrogens with zero attached hydrogens (tertiary/aromatic N) is 2. The number of carboxylic acids is 1. The van der Waals surface area contributed by atoms with Crippen LogP contribution < -0.4 is 5.56 Å². The van der Waals surface area contributed by atoms with Gasteiger partial charge in [-0.1, -0.05) is 18.2 Å². The third-order valence-electron chi connectivity index (χ3n) is 3.11. The first-order chi connectivity index (χ1) is 9.08. The van der Waals surface area contributed by atoms with Crippen LogP contribution in [0.5, 0.6) is 0 Å². The van der Waals surface area contributed by atoms with Crippen molar-refractivity contribution < 1.29 is 9.90 Å². The van der Waals surface area contributed by atoms with Crippen molar-refractivity contribution in [1.29, 1.82) is 0 Å². The molecule has 2 aromatic heterocycles. The number of hydrogen-bond acceptors (Lipinski definition) is 3. The monoisotopic (exact) mass is 257 g/mol. The number of aliphatic carboxylic acids is 1. The molecule has 0 amide bonds. The lowest BCUT2D eigenvalue weighted by atomic mass is 10.1. The van der Waals surface area contributed by atoms with Crippen LogP contribution in [0.1, 0.15) is 5.69 Å². The first-order valence-corrected chi connectivity index (χ1v) is 5.76. The SMILES string of the molecule is Cn1nc(CC(=O)O)c2c3ccccc3c(=O)[nH]c21. The summed E-state index contributed by atoms with van der Waals surface area (Å²) in [5.41, 5.74) is 0.797. The molecule has 0 spiro atoms. The van der Waals surface area contributed by atoms with Crippen LogP contribution in [0.4, 0.5) is 0 Å². The third kappa shape index (κ3) is 1.69. The lowest BCUT2D eigenvalue weighted by Gasteiger charge is -2.00. The van der Waals surface area contributed by atoms with Crippen molar-refractivity contribution in [3.8, 4) is 0 Å². The lowest BCUT2D eigenvalue weighted by Crippen LogP contribution is -2.07. The van der Waals surface area contributed by atoms with Crippen molar-refractivity contribution in [2.45, 2.75) is 6.42 Å². The Kier molecular flexibility index (Phi) is 2.38. The van der Waals surface area contributed by atoms with E-state index in [0.29, 0.717) is 22.1 Å². The summed E-state index contributed by atoms with van der Waals surface area (Å²) in [5.74, 6) is -0.949. The lowest BCUT2D eigenvalue weighted by molar-refractivity contribution is -0.136. The summed E-state index contributed by atoms with van der Waals surface area (Å²) in [6.45, 7) is 0. The Hall–Kier alpha value is -2.63. The number of carboxylic acid groups (broad SMARTS) is 1. The van der Waals surface area contributed by atoms with Crippen LogP contribution in [0.3, 0.4) is 0 Å². The van der Waals surface area contributed by atoms with Crippen molar-refractivity contribution in [1.82, 2.24) is 14.8 Å². The van der Waals surface area contributed by atoms with Crippen molar-refractivity contribution in [3.63, 3.8) is 0 Å². The molecule has 6 nitrogen and oxygen atoms in total. The molecular weight excluding hydrogens is 246 g/mol. The Labute approximate surface area is 107 Å². The molecule has 2 heterocycles.